The molecular formula is C29H29ClN4O2. The summed E-state index contributed by atoms with van der Waals surface area (Å²) in [6.07, 6.45) is 0. The lowest BCUT2D eigenvalue weighted by Crippen LogP contribution is -2.66. The van der Waals surface area contributed by atoms with Gasteiger partial charge in [-0.3, -0.25) is 9.89 Å². The zero-order chi connectivity index (χ0) is 24.9. The van der Waals surface area contributed by atoms with Gasteiger partial charge in [0.1, 0.15) is 0 Å². The number of carbonyl (C=O) groups is 1. The topological polar surface area (TPSA) is 70.2 Å². The molecule has 0 bridgehead atoms. The van der Waals surface area contributed by atoms with Crippen LogP contribution in [0.5, 0.6) is 0 Å². The monoisotopic (exact) mass is 500 g/mol. The third-order valence-corrected chi connectivity index (χ3v) is 7.74. The van der Waals surface area contributed by atoms with Gasteiger partial charge in [0.2, 0.25) is 0 Å². The molecule has 0 saturated carbocycles. The van der Waals surface area contributed by atoms with Gasteiger partial charge in [-0.2, -0.15) is 5.10 Å². The molecule has 1 amide bonds. The predicted molar refractivity (Wildman–Crippen MR) is 143 cm³/mol. The van der Waals surface area contributed by atoms with Crippen LogP contribution in [0.3, 0.4) is 0 Å². The Morgan fingerprint density at radius 2 is 1.83 bits per heavy atom. The molecule has 184 valence electrons. The van der Waals surface area contributed by atoms with E-state index in [0.717, 1.165) is 54.0 Å². The molecule has 2 aliphatic rings. The molecule has 6 rings (SSSR count). The van der Waals surface area contributed by atoms with E-state index in [2.05, 4.69) is 58.5 Å². The minimum absolute atomic E-state index is 0.135. The van der Waals surface area contributed by atoms with Crippen LogP contribution < -0.4 is 10.2 Å². The van der Waals surface area contributed by atoms with Gasteiger partial charge < -0.3 is 15.0 Å². The number of H-pyrrole nitrogens is 1. The zero-order valence-electron chi connectivity index (χ0n) is 20.4. The first-order chi connectivity index (χ1) is 17.4. The molecule has 1 spiro atoms. The van der Waals surface area contributed by atoms with Gasteiger partial charge in [0.15, 0.2) is 0 Å². The van der Waals surface area contributed by atoms with Crippen LogP contribution in [-0.4, -0.2) is 42.4 Å². The molecule has 2 saturated heterocycles. The van der Waals surface area contributed by atoms with Crippen LogP contribution >= 0.6 is 11.6 Å². The van der Waals surface area contributed by atoms with Crippen LogP contribution in [0.15, 0.2) is 66.7 Å². The van der Waals surface area contributed by atoms with Gasteiger partial charge in [0.25, 0.3) is 5.91 Å². The highest BCUT2D eigenvalue weighted by Crippen LogP contribution is 2.40. The lowest BCUT2D eigenvalue weighted by atomic mass is 9.78. The number of ether oxygens (including phenoxy) is 1. The molecule has 3 aromatic carbocycles. The van der Waals surface area contributed by atoms with E-state index in [9.17, 15) is 4.79 Å². The van der Waals surface area contributed by atoms with Crippen LogP contribution in [-0.2, 0) is 4.74 Å². The van der Waals surface area contributed by atoms with E-state index < -0.39 is 0 Å². The number of rotatable bonds is 6. The second-order valence-electron chi connectivity index (χ2n) is 10.4. The number of fused-ring (bicyclic) bond motifs is 1. The number of carbonyl (C=O) groups excluding carboxylic acids is 1. The van der Waals surface area contributed by atoms with Gasteiger partial charge >= 0.3 is 0 Å². The fourth-order valence-electron chi connectivity index (χ4n) is 5.28. The predicted octanol–water partition coefficient (Wildman–Crippen LogP) is 5.85. The summed E-state index contributed by atoms with van der Waals surface area (Å²) in [4.78, 5) is 15.7. The van der Waals surface area contributed by atoms with Crippen LogP contribution in [0.1, 0.15) is 35.8 Å². The third kappa shape index (κ3) is 4.04. The molecule has 2 N–H and O–H groups in total. The molecule has 0 radical (unpaired) electrons. The Labute approximate surface area is 215 Å². The van der Waals surface area contributed by atoms with Crippen molar-refractivity contribution < 1.29 is 9.53 Å². The summed E-state index contributed by atoms with van der Waals surface area (Å²) in [6.45, 7) is 8.04. The van der Waals surface area contributed by atoms with Crippen LogP contribution in [0.4, 0.5) is 5.69 Å². The number of amides is 1. The number of aromatic nitrogens is 2. The van der Waals surface area contributed by atoms with E-state index in [1.165, 1.54) is 5.69 Å². The lowest BCUT2D eigenvalue weighted by molar-refractivity contribution is -0.127. The summed E-state index contributed by atoms with van der Waals surface area (Å²) in [5, 5.41) is 12.4. The summed E-state index contributed by atoms with van der Waals surface area (Å²) >= 11 is 6.44. The van der Waals surface area contributed by atoms with Crippen LogP contribution in [0.2, 0.25) is 5.02 Å². The Kier molecular flexibility index (Phi) is 5.73. The first-order valence-electron chi connectivity index (χ1n) is 12.4. The first kappa shape index (κ1) is 23.1. The highest BCUT2D eigenvalue weighted by Gasteiger charge is 2.49. The molecule has 6 nitrogen and oxygen atoms in total. The minimum Gasteiger partial charge on any atom is -0.380 e. The fraction of sp³-hybridized carbons (Fsp3) is 0.310. The Morgan fingerprint density at radius 3 is 2.50 bits per heavy atom. The molecule has 7 heteroatoms. The average molecular weight is 501 g/mol. The zero-order valence-corrected chi connectivity index (χ0v) is 21.2. The molecule has 0 unspecified atom stereocenters. The van der Waals surface area contributed by atoms with Gasteiger partial charge in [0.05, 0.1) is 35.9 Å². The van der Waals surface area contributed by atoms with Gasteiger partial charge in [-0.15, -0.1) is 0 Å². The summed E-state index contributed by atoms with van der Waals surface area (Å²) in [5.74, 6) is 0.0448. The highest BCUT2D eigenvalue weighted by atomic mass is 35.5. The minimum atomic E-state index is -0.189. The van der Waals surface area contributed by atoms with Crippen LogP contribution in [0.25, 0.3) is 22.2 Å². The standard InChI is InChI=1S/C29H29ClN4O2/c1-18(2)26(22-5-3-4-6-24(22)30)31-28(35)20-9-12-25-23(13-20)27(33-32-25)19-7-10-21(11-8-19)34-14-29(15-34)16-36-17-29/h3-13,18,26H,14-17H2,1-2H3,(H,31,35)(H,32,33)/t26-/m1/s1. The van der Waals surface area contributed by atoms with E-state index in [-0.39, 0.29) is 17.9 Å². The number of aromatic amines is 1. The number of hydrogen-bond donors (Lipinski definition) is 2. The molecule has 36 heavy (non-hydrogen) atoms. The number of benzene rings is 3. The second-order valence-corrected chi connectivity index (χ2v) is 10.9. The van der Waals surface area contributed by atoms with Crippen LogP contribution in [0, 0.1) is 11.3 Å². The van der Waals surface area contributed by atoms with E-state index in [0.29, 0.717) is 16.0 Å². The van der Waals surface area contributed by atoms with E-state index in [4.69, 9.17) is 16.3 Å². The van der Waals surface area contributed by atoms with Crippen molar-refractivity contribution in [2.24, 2.45) is 11.3 Å². The van der Waals surface area contributed by atoms with Crippen molar-refractivity contribution >= 4 is 34.1 Å². The maximum atomic E-state index is 13.3. The average Bonchev–Trinajstić information content (AvgIpc) is 3.25. The number of nitrogens with zero attached hydrogens (tertiary/aromatic N) is 2. The van der Waals surface area contributed by atoms with Gasteiger partial charge in [-0.25, -0.2) is 0 Å². The van der Waals surface area contributed by atoms with Gasteiger partial charge in [0, 0.05) is 40.3 Å². The van der Waals surface area contributed by atoms with Gasteiger partial charge in [-0.1, -0.05) is 55.8 Å². The normalized spacial score (nSPS) is 17.2. The van der Waals surface area contributed by atoms with E-state index in [1.54, 1.807) is 0 Å². The van der Waals surface area contributed by atoms with Crippen molar-refractivity contribution in [2.75, 3.05) is 31.2 Å². The fourth-order valence-corrected chi connectivity index (χ4v) is 5.53. The summed E-state index contributed by atoms with van der Waals surface area (Å²) < 4.78 is 5.39. The molecule has 3 heterocycles. The molecule has 2 aliphatic heterocycles. The van der Waals surface area contributed by atoms with E-state index in [1.807, 2.05) is 42.5 Å². The molecule has 4 aromatic rings. The second kappa shape index (κ2) is 8.95. The molecule has 1 aromatic heterocycles. The third-order valence-electron chi connectivity index (χ3n) is 7.39. The largest absolute Gasteiger partial charge is 0.380 e. The Hall–Kier alpha value is -3.35. The Bertz CT molecular complexity index is 1420. The number of halogens is 1. The quantitative estimate of drug-likeness (QED) is 0.348. The Morgan fingerprint density at radius 1 is 1.08 bits per heavy atom. The molecule has 2 fully saturated rings. The van der Waals surface area contributed by atoms with Gasteiger partial charge in [-0.05, 0) is 47.9 Å². The summed E-state index contributed by atoms with van der Waals surface area (Å²) in [6, 6.07) is 21.6. The first-order valence-corrected chi connectivity index (χ1v) is 12.8. The molecular weight excluding hydrogens is 472 g/mol. The molecule has 1 atom stereocenters. The summed E-state index contributed by atoms with van der Waals surface area (Å²) in [7, 11) is 0. The van der Waals surface area contributed by atoms with Crippen molar-refractivity contribution in [3.8, 4) is 11.3 Å². The number of hydrogen-bond acceptors (Lipinski definition) is 4. The summed E-state index contributed by atoms with van der Waals surface area (Å²) in [5.41, 5.74) is 5.86. The smallest absolute Gasteiger partial charge is 0.251 e. The maximum Gasteiger partial charge on any atom is 0.251 e. The lowest BCUT2D eigenvalue weighted by Gasteiger charge is -2.56. The molecule has 0 aliphatic carbocycles. The van der Waals surface area contributed by atoms with Crippen molar-refractivity contribution in [1.29, 1.82) is 0 Å². The van der Waals surface area contributed by atoms with Crippen molar-refractivity contribution in [1.82, 2.24) is 15.5 Å². The number of anilines is 1. The van der Waals surface area contributed by atoms with Crippen molar-refractivity contribution in [3.63, 3.8) is 0 Å². The van der Waals surface area contributed by atoms with Crippen molar-refractivity contribution in [2.45, 2.75) is 19.9 Å². The van der Waals surface area contributed by atoms with E-state index >= 15 is 0 Å². The van der Waals surface area contributed by atoms with Crippen molar-refractivity contribution in [3.05, 3.63) is 82.9 Å². The Balaban J connectivity index is 1.23. The highest BCUT2D eigenvalue weighted by molar-refractivity contribution is 6.31. The maximum absolute atomic E-state index is 13.3. The SMILES string of the molecule is CC(C)[C@@H](NC(=O)c1ccc2[nH]nc(-c3ccc(N4CC5(COC5)C4)cc3)c2c1)c1ccccc1Cl. The number of nitrogens with one attached hydrogen (secondary N) is 2.